The third-order valence-corrected chi connectivity index (χ3v) is 5.78. The van der Waals surface area contributed by atoms with Crippen LogP contribution in [0.4, 0.5) is 13.2 Å². The quantitative estimate of drug-likeness (QED) is 0.504. The summed E-state index contributed by atoms with van der Waals surface area (Å²) in [4.78, 5) is 33.4. The third-order valence-electron chi connectivity index (χ3n) is 5.78. The standard InChI is InChI=1S/C22H18F3N5O3/c23-22(24,25)20-27-18(28-33-20)13-4-3-5-14(12-13)19(31)29-10-8-15(9-11-29)30-17-7-2-1-6-16(17)26-21(30)32/h1-7,12,15H,8-11H2,(H,26,32). The summed E-state index contributed by atoms with van der Waals surface area (Å²) in [6.45, 7) is 0.889. The van der Waals surface area contributed by atoms with E-state index in [0.29, 0.717) is 31.5 Å². The van der Waals surface area contributed by atoms with Gasteiger partial charge in [-0.1, -0.05) is 29.4 Å². The fourth-order valence-electron chi connectivity index (χ4n) is 4.19. The van der Waals surface area contributed by atoms with E-state index in [9.17, 15) is 22.8 Å². The first-order chi connectivity index (χ1) is 15.8. The van der Waals surface area contributed by atoms with Gasteiger partial charge < -0.3 is 14.4 Å². The number of benzene rings is 2. The number of fused-ring (bicyclic) bond motifs is 1. The van der Waals surface area contributed by atoms with Gasteiger partial charge >= 0.3 is 17.8 Å². The van der Waals surface area contributed by atoms with Crippen LogP contribution < -0.4 is 5.69 Å². The van der Waals surface area contributed by atoms with Crippen LogP contribution in [0, 0.1) is 0 Å². The average molecular weight is 457 g/mol. The maximum atomic E-state index is 13.0. The Hall–Kier alpha value is -3.89. The lowest BCUT2D eigenvalue weighted by Crippen LogP contribution is -2.40. The second-order valence-electron chi connectivity index (χ2n) is 7.84. The number of para-hydroxylation sites is 2. The molecule has 8 nitrogen and oxygen atoms in total. The van der Waals surface area contributed by atoms with Gasteiger partial charge in [0.05, 0.1) is 11.0 Å². The van der Waals surface area contributed by atoms with Gasteiger partial charge in [0.2, 0.25) is 5.82 Å². The second kappa shape index (κ2) is 7.91. The summed E-state index contributed by atoms with van der Waals surface area (Å²) < 4.78 is 44.2. The van der Waals surface area contributed by atoms with E-state index >= 15 is 0 Å². The number of alkyl halides is 3. The van der Waals surface area contributed by atoms with E-state index in [-0.39, 0.29) is 29.0 Å². The number of likely N-dealkylation sites (tertiary alicyclic amines) is 1. The zero-order valence-electron chi connectivity index (χ0n) is 17.2. The number of carbonyl (C=O) groups is 1. The van der Waals surface area contributed by atoms with E-state index in [1.54, 1.807) is 21.6 Å². The highest BCUT2D eigenvalue weighted by atomic mass is 19.4. The Morgan fingerprint density at radius 3 is 2.58 bits per heavy atom. The molecule has 4 aromatic rings. The molecule has 1 fully saturated rings. The number of H-pyrrole nitrogens is 1. The van der Waals surface area contributed by atoms with Crippen molar-refractivity contribution < 1.29 is 22.5 Å². The third kappa shape index (κ3) is 3.90. The fourth-order valence-corrected chi connectivity index (χ4v) is 4.19. The average Bonchev–Trinajstić information content (AvgIpc) is 3.43. The Labute approximate surface area is 184 Å². The summed E-state index contributed by atoms with van der Waals surface area (Å²) in [6.07, 6.45) is -3.53. The van der Waals surface area contributed by atoms with Crippen molar-refractivity contribution in [3.8, 4) is 11.4 Å². The van der Waals surface area contributed by atoms with Crippen LogP contribution in [0.2, 0.25) is 0 Å². The van der Waals surface area contributed by atoms with E-state index in [0.717, 1.165) is 11.0 Å². The molecule has 2 aromatic heterocycles. The van der Waals surface area contributed by atoms with Crippen molar-refractivity contribution in [2.75, 3.05) is 13.1 Å². The van der Waals surface area contributed by atoms with E-state index in [1.807, 2.05) is 24.3 Å². The van der Waals surface area contributed by atoms with Gasteiger partial charge in [0, 0.05) is 30.3 Å². The number of rotatable bonds is 3. The molecule has 0 saturated carbocycles. The summed E-state index contributed by atoms with van der Waals surface area (Å²) in [6, 6.07) is 13.5. The van der Waals surface area contributed by atoms with E-state index in [1.165, 1.54) is 12.1 Å². The number of nitrogens with zero attached hydrogens (tertiary/aromatic N) is 4. The Balaban J connectivity index is 1.31. The number of nitrogens with one attached hydrogen (secondary N) is 1. The smallest absolute Gasteiger partial charge is 0.338 e. The molecule has 5 rings (SSSR count). The number of aromatic amines is 1. The molecule has 3 heterocycles. The van der Waals surface area contributed by atoms with Crippen molar-refractivity contribution >= 4 is 16.9 Å². The van der Waals surface area contributed by atoms with Gasteiger partial charge in [0.25, 0.3) is 5.91 Å². The zero-order valence-corrected chi connectivity index (χ0v) is 17.2. The summed E-state index contributed by atoms with van der Waals surface area (Å²) in [7, 11) is 0. The summed E-state index contributed by atoms with van der Waals surface area (Å²) >= 11 is 0. The van der Waals surface area contributed by atoms with Gasteiger partial charge in [-0.2, -0.15) is 18.2 Å². The van der Waals surface area contributed by atoms with Crippen LogP contribution in [0.15, 0.2) is 57.8 Å². The summed E-state index contributed by atoms with van der Waals surface area (Å²) in [5.41, 5.74) is 1.99. The zero-order chi connectivity index (χ0) is 23.2. The van der Waals surface area contributed by atoms with E-state index < -0.39 is 12.1 Å². The van der Waals surface area contributed by atoms with Gasteiger partial charge in [-0.05, 0) is 37.1 Å². The van der Waals surface area contributed by atoms with E-state index in [4.69, 9.17) is 0 Å². The molecule has 1 N–H and O–H groups in total. The maximum Gasteiger partial charge on any atom is 0.471 e. The van der Waals surface area contributed by atoms with Crippen LogP contribution in [0.1, 0.15) is 35.1 Å². The van der Waals surface area contributed by atoms with Gasteiger partial charge in [0.15, 0.2) is 0 Å². The predicted molar refractivity (Wildman–Crippen MR) is 111 cm³/mol. The molecule has 2 aromatic carbocycles. The Bertz CT molecular complexity index is 1380. The van der Waals surface area contributed by atoms with Gasteiger partial charge in [0.1, 0.15) is 0 Å². The van der Waals surface area contributed by atoms with Crippen molar-refractivity contribution in [1.82, 2.24) is 24.6 Å². The molecular formula is C22H18F3N5O3. The lowest BCUT2D eigenvalue weighted by Gasteiger charge is -2.32. The first-order valence-corrected chi connectivity index (χ1v) is 10.3. The van der Waals surface area contributed by atoms with Crippen molar-refractivity contribution in [2.45, 2.75) is 25.1 Å². The number of carbonyl (C=O) groups excluding carboxylic acids is 1. The van der Waals surface area contributed by atoms with Crippen LogP contribution in [0.3, 0.4) is 0 Å². The molecule has 1 amide bonds. The minimum atomic E-state index is -4.74. The number of amides is 1. The molecule has 1 saturated heterocycles. The van der Waals surface area contributed by atoms with Gasteiger partial charge in [-0.15, -0.1) is 0 Å². The molecule has 0 spiro atoms. The van der Waals surface area contributed by atoms with Gasteiger partial charge in [-0.3, -0.25) is 9.36 Å². The van der Waals surface area contributed by atoms with Gasteiger partial charge in [-0.25, -0.2) is 4.79 Å². The topological polar surface area (TPSA) is 97.0 Å². The molecule has 1 aliphatic heterocycles. The highest BCUT2D eigenvalue weighted by Gasteiger charge is 2.38. The molecule has 0 unspecified atom stereocenters. The van der Waals surface area contributed by atoms with Crippen molar-refractivity contribution in [3.05, 3.63) is 70.5 Å². The molecule has 0 bridgehead atoms. The van der Waals surface area contributed by atoms with E-state index in [2.05, 4.69) is 19.6 Å². The van der Waals surface area contributed by atoms with Crippen molar-refractivity contribution in [2.24, 2.45) is 0 Å². The van der Waals surface area contributed by atoms with Crippen LogP contribution >= 0.6 is 0 Å². The highest BCUT2D eigenvalue weighted by Crippen LogP contribution is 2.30. The molecule has 0 aliphatic carbocycles. The van der Waals surface area contributed by atoms with Crippen LogP contribution in [0.25, 0.3) is 22.4 Å². The normalized spacial score (nSPS) is 15.3. The Morgan fingerprint density at radius 1 is 1.09 bits per heavy atom. The number of imidazole rings is 1. The first-order valence-electron chi connectivity index (χ1n) is 10.3. The Morgan fingerprint density at radius 2 is 1.85 bits per heavy atom. The molecule has 170 valence electrons. The minimum absolute atomic E-state index is 0.0378. The molecule has 0 atom stereocenters. The summed E-state index contributed by atoms with van der Waals surface area (Å²) in [5.74, 6) is -1.93. The molecule has 11 heteroatoms. The number of piperidine rings is 1. The molecular weight excluding hydrogens is 439 g/mol. The SMILES string of the molecule is O=C(c1cccc(-c2noc(C(F)(F)F)n2)c1)N1CCC(n2c(=O)[nH]c3ccccc32)CC1. The number of aromatic nitrogens is 4. The highest BCUT2D eigenvalue weighted by molar-refractivity contribution is 5.95. The van der Waals surface area contributed by atoms with Crippen LogP contribution in [0.5, 0.6) is 0 Å². The largest absolute Gasteiger partial charge is 0.471 e. The number of hydrogen-bond donors (Lipinski definition) is 1. The van der Waals surface area contributed by atoms with Crippen LogP contribution in [-0.4, -0.2) is 43.6 Å². The Kier molecular flexibility index (Phi) is 5.03. The second-order valence-corrected chi connectivity index (χ2v) is 7.84. The number of halogens is 3. The molecule has 0 radical (unpaired) electrons. The van der Waals surface area contributed by atoms with Crippen molar-refractivity contribution in [3.63, 3.8) is 0 Å². The lowest BCUT2D eigenvalue weighted by molar-refractivity contribution is -0.159. The molecule has 1 aliphatic rings. The maximum absolute atomic E-state index is 13.0. The fraction of sp³-hybridized carbons (Fsp3) is 0.273. The monoisotopic (exact) mass is 457 g/mol. The predicted octanol–water partition coefficient (Wildman–Crippen LogP) is 3.88. The molecule has 33 heavy (non-hydrogen) atoms. The lowest BCUT2D eigenvalue weighted by atomic mass is 10.0. The van der Waals surface area contributed by atoms with Crippen molar-refractivity contribution in [1.29, 1.82) is 0 Å². The minimum Gasteiger partial charge on any atom is -0.338 e. The summed E-state index contributed by atoms with van der Waals surface area (Å²) in [5, 5.41) is 3.37. The number of hydrogen-bond acceptors (Lipinski definition) is 5. The first kappa shape index (κ1) is 21.0. The van der Waals surface area contributed by atoms with Crippen LogP contribution in [-0.2, 0) is 6.18 Å².